The Balaban J connectivity index is 1.61. The van der Waals surface area contributed by atoms with E-state index in [4.69, 9.17) is 9.15 Å². The zero-order valence-electron chi connectivity index (χ0n) is 12.2. The van der Waals surface area contributed by atoms with E-state index >= 15 is 0 Å². The summed E-state index contributed by atoms with van der Waals surface area (Å²) >= 11 is 0. The Bertz CT molecular complexity index is 603. The van der Waals surface area contributed by atoms with E-state index < -0.39 is 0 Å². The molecule has 2 heterocycles. The van der Waals surface area contributed by atoms with E-state index in [2.05, 4.69) is 5.32 Å². The molecular weight excluding hydrogens is 269 g/mol. The first kappa shape index (κ1) is 14.3. The molecular formula is C17H20FNO2. The Morgan fingerprint density at radius 3 is 3.00 bits per heavy atom. The number of benzene rings is 1. The highest BCUT2D eigenvalue weighted by molar-refractivity contribution is 5.62. The van der Waals surface area contributed by atoms with Crippen LogP contribution in [0.2, 0.25) is 0 Å². The molecule has 0 amide bonds. The minimum Gasteiger partial charge on any atom is -0.460 e. The Morgan fingerprint density at radius 1 is 1.29 bits per heavy atom. The maximum Gasteiger partial charge on any atom is 0.134 e. The van der Waals surface area contributed by atoms with E-state index in [9.17, 15) is 4.39 Å². The fraction of sp³-hybridized carbons (Fsp3) is 0.412. The Morgan fingerprint density at radius 2 is 2.19 bits per heavy atom. The zero-order valence-corrected chi connectivity index (χ0v) is 12.2. The summed E-state index contributed by atoms with van der Waals surface area (Å²) in [6.07, 6.45) is 2.60. The fourth-order valence-corrected chi connectivity index (χ4v) is 2.65. The predicted octanol–water partition coefficient (Wildman–Crippen LogP) is 3.66. The van der Waals surface area contributed by atoms with Crippen molar-refractivity contribution in [3.63, 3.8) is 0 Å². The third-order valence-corrected chi connectivity index (χ3v) is 3.89. The van der Waals surface area contributed by atoms with Crippen LogP contribution in [0.4, 0.5) is 4.39 Å². The second-order valence-corrected chi connectivity index (χ2v) is 5.44. The van der Waals surface area contributed by atoms with E-state index in [0.717, 1.165) is 37.3 Å². The van der Waals surface area contributed by atoms with Gasteiger partial charge >= 0.3 is 0 Å². The largest absolute Gasteiger partial charge is 0.460 e. The molecule has 1 saturated heterocycles. The van der Waals surface area contributed by atoms with E-state index in [-0.39, 0.29) is 5.82 Å². The van der Waals surface area contributed by atoms with Gasteiger partial charge in [0.05, 0.1) is 12.6 Å². The second kappa shape index (κ2) is 6.41. The lowest BCUT2D eigenvalue weighted by atomic mass is 10.1. The average Bonchev–Trinajstić information content (AvgIpc) is 3.14. The number of hydrogen-bond acceptors (Lipinski definition) is 3. The third kappa shape index (κ3) is 3.34. The van der Waals surface area contributed by atoms with E-state index in [1.54, 1.807) is 13.0 Å². The molecule has 112 valence electrons. The minimum absolute atomic E-state index is 0.207. The van der Waals surface area contributed by atoms with Gasteiger partial charge < -0.3 is 14.5 Å². The molecule has 0 radical (unpaired) electrons. The first-order valence-electron chi connectivity index (χ1n) is 7.40. The number of ether oxygens (including phenoxy) is 1. The Labute approximate surface area is 124 Å². The van der Waals surface area contributed by atoms with Crippen LogP contribution in [0.3, 0.4) is 0 Å². The van der Waals surface area contributed by atoms with E-state index in [1.807, 2.05) is 18.2 Å². The SMILES string of the molecule is Cc1c(F)cccc1-c1ccc(CNC[C@H]2CCCO2)o1. The van der Waals surface area contributed by atoms with Gasteiger partial charge in [-0.25, -0.2) is 4.39 Å². The Hall–Kier alpha value is -1.65. The highest BCUT2D eigenvalue weighted by Crippen LogP contribution is 2.26. The molecule has 1 aliphatic rings. The van der Waals surface area contributed by atoms with Gasteiger partial charge in [-0.3, -0.25) is 0 Å². The fourth-order valence-electron chi connectivity index (χ4n) is 2.65. The quantitative estimate of drug-likeness (QED) is 0.912. The molecule has 4 heteroatoms. The van der Waals surface area contributed by atoms with E-state index in [0.29, 0.717) is 24.0 Å². The average molecular weight is 289 g/mol. The molecule has 21 heavy (non-hydrogen) atoms. The van der Waals surface area contributed by atoms with Crippen LogP contribution in [-0.4, -0.2) is 19.3 Å². The number of hydrogen-bond donors (Lipinski definition) is 1. The molecule has 0 unspecified atom stereocenters. The van der Waals surface area contributed by atoms with Gasteiger partial charge in [0.15, 0.2) is 0 Å². The lowest BCUT2D eigenvalue weighted by Gasteiger charge is -2.09. The first-order valence-corrected chi connectivity index (χ1v) is 7.40. The van der Waals surface area contributed by atoms with Crippen molar-refractivity contribution < 1.29 is 13.5 Å². The highest BCUT2D eigenvalue weighted by Gasteiger charge is 2.15. The normalized spacial score (nSPS) is 18.3. The van der Waals surface area contributed by atoms with Crippen LogP contribution in [-0.2, 0) is 11.3 Å². The van der Waals surface area contributed by atoms with Gasteiger partial charge in [0.2, 0.25) is 0 Å². The van der Waals surface area contributed by atoms with Crippen molar-refractivity contribution in [3.05, 3.63) is 47.5 Å². The summed E-state index contributed by atoms with van der Waals surface area (Å²) < 4.78 is 24.9. The van der Waals surface area contributed by atoms with Crippen molar-refractivity contribution in [1.29, 1.82) is 0 Å². The van der Waals surface area contributed by atoms with Crippen molar-refractivity contribution in [1.82, 2.24) is 5.32 Å². The van der Waals surface area contributed by atoms with Gasteiger partial charge in [-0.05, 0) is 43.5 Å². The summed E-state index contributed by atoms with van der Waals surface area (Å²) in [5, 5.41) is 3.34. The smallest absolute Gasteiger partial charge is 0.134 e. The molecule has 2 aromatic rings. The summed E-state index contributed by atoms with van der Waals surface area (Å²) in [4.78, 5) is 0. The molecule has 1 aromatic carbocycles. The van der Waals surface area contributed by atoms with Crippen LogP contribution in [0, 0.1) is 12.7 Å². The van der Waals surface area contributed by atoms with Crippen molar-refractivity contribution >= 4 is 0 Å². The number of furan rings is 1. The van der Waals surface area contributed by atoms with Crippen LogP contribution >= 0.6 is 0 Å². The monoisotopic (exact) mass is 289 g/mol. The lowest BCUT2D eigenvalue weighted by molar-refractivity contribution is 0.109. The molecule has 0 aliphatic carbocycles. The molecule has 3 rings (SSSR count). The summed E-state index contributed by atoms with van der Waals surface area (Å²) in [5.74, 6) is 1.36. The van der Waals surface area contributed by atoms with Crippen molar-refractivity contribution in [2.45, 2.75) is 32.4 Å². The maximum atomic E-state index is 13.6. The van der Waals surface area contributed by atoms with Crippen LogP contribution in [0.25, 0.3) is 11.3 Å². The van der Waals surface area contributed by atoms with Gasteiger partial charge in [0.25, 0.3) is 0 Å². The summed E-state index contributed by atoms with van der Waals surface area (Å²) in [6, 6.07) is 8.87. The maximum absolute atomic E-state index is 13.6. The molecule has 0 spiro atoms. The number of nitrogens with one attached hydrogen (secondary N) is 1. The van der Waals surface area contributed by atoms with Crippen LogP contribution in [0.15, 0.2) is 34.7 Å². The highest BCUT2D eigenvalue weighted by atomic mass is 19.1. The first-order chi connectivity index (χ1) is 10.2. The molecule has 1 N–H and O–H groups in total. The van der Waals surface area contributed by atoms with Gasteiger partial charge in [-0.2, -0.15) is 0 Å². The minimum atomic E-state index is -0.207. The lowest BCUT2D eigenvalue weighted by Crippen LogP contribution is -2.25. The molecule has 3 nitrogen and oxygen atoms in total. The molecule has 1 fully saturated rings. The number of rotatable bonds is 5. The summed E-state index contributed by atoms with van der Waals surface area (Å²) in [7, 11) is 0. The standard InChI is InChI=1S/C17H20FNO2/c1-12-15(5-2-6-16(12)18)17-8-7-14(21-17)11-19-10-13-4-3-9-20-13/h2,5-8,13,19H,3-4,9-11H2,1H3/t13-/m1/s1. The van der Waals surface area contributed by atoms with Gasteiger partial charge in [-0.15, -0.1) is 0 Å². The van der Waals surface area contributed by atoms with Crippen molar-refractivity contribution in [3.8, 4) is 11.3 Å². The molecule has 0 bridgehead atoms. The van der Waals surface area contributed by atoms with Crippen LogP contribution in [0.1, 0.15) is 24.2 Å². The van der Waals surface area contributed by atoms with E-state index in [1.165, 1.54) is 6.07 Å². The third-order valence-electron chi connectivity index (χ3n) is 3.89. The number of halogens is 1. The zero-order chi connectivity index (χ0) is 14.7. The molecule has 0 saturated carbocycles. The van der Waals surface area contributed by atoms with Crippen molar-refractivity contribution in [2.24, 2.45) is 0 Å². The van der Waals surface area contributed by atoms with Gasteiger partial charge in [-0.1, -0.05) is 12.1 Å². The predicted molar refractivity (Wildman–Crippen MR) is 79.5 cm³/mol. The van der Waals surface area contributed by atoms with Crippen molar-refractivity contribution in [2.75, 3.05) is 13.2 Å². The van der Waals surface area contributed by atoms with Crippen LogP contribution in [0.5, 0.6) is 0 Å². The second-order valence-electron chi connectivity index (χ2n) is 5.44. The summed E-state index contributed by atoms with van der Waals surface area (Å²) in [6.45, 7) is 4.14. The molecule has 1 aliphatic heterocycles. The van der Waals surface area contributed by atoms with Gasteiger partial charge in [0.1, 0.15) is 17.3 Å². The van der Waals surface area contributed by atoms with Gasteiger partial charge in [0, 0.05) is 18.7 Å². The molecule has 1 aromatic heterocycles. The van der Waals surface area contributed by atoms with Crippen LogP contribution < -0.4 is 5.32 Å². The molecule has 1 atom stereocenters. The summed E-state index contributed by atoms with van der Waals surface area (Å²) in [5.41, 5.74) is 1.42. The topological polar surface area (TPSA) is 34.4 Å². The Kier molecular flexibility index (Phi) is 4.36.